The molecule has 0 aromatic carbocycles. The third-order valence-corrected chi connectivity index (χ3v) is 1.53. The Kier molecular flexibility index (Phi) is 2.39. The van der Waals surface area contributed by atoms with Gasteiger partial charge in [0.05, 0.1) is 12.0 Å². The van der Waals surface area contributed by atoms with E-state index in [4.69, 9.17) is 0 Å². The van der Waals surface area contributed by atoms with Crippen LogP contribution in [-0.2, 0) is 4.74 Å². The van der Waals surface area contributed by atoms with Gasteiger partial charge in [-0.15, -0.1) is 11.3 Å². The SMILES string of the molecule is CCOC(=O)c1nc[c]s1. The molecule has 0 fully saturated rings. The van der Waals surface area contributed by atoms with E-state index < -0.39 is 0 Å². The molecular weight excluding hydrogens is 150 g/mol. The summed E-state index contributed by atoms with van der Waals surface area (Å²) in [4.78, 5) is 14.5. The third-order valence-electron chi connectivity index (χ3n) is 0.840. The Bertz CT molecular complexity index is 208. The van der Waals surface area contributed by atoms with Crippen molar-refractivity contribution in [3.8, 4) is 0 Å². The highest BCUT2D eigenvalue weighted by Gasteiger charge is 2.07. The van der Waals surface area contributed by atoms with Crippen LogP contribution in [0.4, 0.5) is 0 Å². The van der Waals surface area contributed by atoms with Crippen molar-refractivity contribution in [1.29, 1.82) is 0 Å². The van der Waals surface area contributed by atoms with Gasteiger partial charge < -0.3 is 4.74 Å². The summed E-state index contributed by atoms with van der Waals surface area (Å²) >= 11 is 1.16. The second-order valence-electron chi connectivity index (χ2n) is 1.50. The largest absolute Gasteiger partial charge is 0.461 e. The van der Waals surface area contributed by atoms with Crippen LogP contribution in [0.1, 0.15) is 16.7 Å². The molecule has 0 N–H and O–H groups in total. The fourth-order valence-electron chi connectivity index (χ4n) is 0.481. The summed E-state index contributed by atoms with van der Waals surface area (Å²) in [5, 5.41) is 3.06. The predicted molar refractivity (Wildman–Crippen MR) is 36.9 cm³/mol. The molecule has 0 bridgehead atoms. The van der Waals surface area contributed by atoms with Crippen LogP contribution in [0.15, 0.2) is 6.20 Å². The van der Waals surface area contributed by atoms with Crippen LogP contribution < -0.4 is 0 Å². The van der Waals surface area contributed by atoms with Gasteiger partial charge in [0.1, 0.15) is 0 Å². The average Bonchev–Trinajstić information content (AvgIpc) is 2.38. The number of esters is 1. The summed E-state index contributed by atoms with van der Waals surface area (Å²) in [6, 6.07) is 0. The minimum Gasteiger partial charge on any atom is -0.461 e. The van der Waals surface area contributed by atoms with Crippen LogP contribution in [0, 0.1) is 5.38 Å². The van der Waals surface area contributed by atoms with E-state index in [1.54, 1.807) is 6.92 Å². The van der Waals surface area contributed by atoms with Crippen molar-refractivity contribution < 1.29 is 9.53 Å². The Morgan fingerprint density at radius 3 is 3.30 bits per heavy atom. The molecule has 1 aromatic rings. The molecule has 0 unspecified atom stereocenters. The van der Waals surface area contributed by atoms with Crippen molar-refractivity contribution in [2.45, 2.75) is 6.92 Å². The zero-order valence-electron chi connectivity index (χ0n) is 5.46. The fraction of sp³-hybridized carbons (Fsp3) is 0.333. The van der Waals surface area contributed by atoms with E-state index in [0.29, 0.717) is 11.6 Å². The first kappa shape index (κ1) is 7.21. The van der Waals surface area contributed by atoms with E-state index in [-0.39, 0.29) is 5.97 Å². The molecule has 4 heteroatoms. The molecule has 0 spiro atoms. The van der Waals surface area contributed by atoms with Gasteiger partial charge in [-0.3, -0.25) is 0 Å². The number of hydrogen-bond acceptors (Lipinski definition) is 4. The lowest BCUT2D eigenvalue weighted by molar-refractivity contribution is 0.0526. The minimum absolute atomic E-state index is 0.363. The molecule has 53 valence electrons. The van der Waals surface area contributed by atoms with Gasteiger partial charge in [0, 0.05) is 6.20 Å². The van der Waals surface area contributed by atoms with Crippen LogP contribution in [-0.4, -0.2) is 17.6 Å². The van der Waals surface area contributed by atoms with Crippen LogP contribution in [0.5, 0.6) is 0 Å². The minimum atomic E-state index is -0.367. The molecule has 0 saturated carbocycles. The number of thiazole rings is 1. The van der Waals surface area contributed by atoms with Gasteiger partial charge in [-0.05, 0) is 6.92 Å². The van der Waals surface area contributed by atoms with Crippen molar-refractivity contribution >= 4 is 17.3 Å². The highest BCUT2D eigenvalue weighted by Crippen LogP contribution is 2.03. The van der Waals surface area contributed by atoms with Gasteiger partial charge in [-0.1, -0.05) is 0 Å². The normalized spacial score (nSPS) is 9.30. The fourth-order valence-corrected chi connectivity index (χ4v) is 0.945. The lowest BCUT2D eigenvalue weighted by atomic mass is 10.7. The summed E-state index contributed by atoms with van der Waals surface area (Å²) < 4.78 is 4.68. The molecular formula is C6H6NO2S. The Balaban J connectivity index is 2.59. The van der Waals surface area contributed by atoms with E-state index in [9.17, 15) is 4.79 Å². The van der Waals surface area contributed by atoms with Crippen LogP contribution in [0.3, 0.4) is 0 Å². The Labute approximate surface area is 62.7 Å². The van der Waals surface area contributed by atoms with Crippen molar-refractivity contribution in [2.24, 2.45) is 0 Å². The number of hydrogen-bond donors (Lipinski definition) is 0. The zero-order chi connectivity index (χ0) is 7.40. The smallest absolute Gasteiger partial charge is 0.367 e. The second kappa shape index (κ2) is 3.31. The standard InChI is InChI=1S/C6H6NO2S/c1-2-9-6(8)5-7-3-4-10-5/h3H,2H2,1H3. The topological polar surface area (TPSA) is 39.2 Å². The highest BCUT2D eigenvalue weighted by molar-refractivity contribution is 7.11. The predicted octanol–water partition coefficient (Wildman–Crippen LogP) is 1.12. The molecule has 10 heavy (non-hydrogen) atoms. The van der Waals surface area contributed by atoms with Gasteiger partial charge >= 0.3 is 5.97 Å². The number of aromatic nitrogens is 1. The molecule has 1 rings (SSSR count). The lowest BCUT2D eigenvalue weighted by Gasteiger charge is -1.94. The lowest BCUT2D eigenvalue weighted by Crippen LogP contribution is -2.03. The number of carbonyl (C=O) groups is 1. The maximum atomic E-state index is 10.8. The van der Waals surface area contributed by atoms with Crippen molar-refractivity contribution in [3.05, 3.63) is 16.6 Å². The maximum Gasteiger partial charge on any atom is 0.367 e. The summed E-state index contributed by atoms with van der Waals surface area (Å²) in [5.74, 6) is -0.367. The molecule has 0 saturated heterocycles. The Morgan fingerprint density at radius 1 is 2.00 bits per heavy atom. The number of ether oxygens (including phenoxy) is 1. The van der Waals surface area contributed by atoms with Crippen LogP contribution in [0.2, 0.25) is 0 Å². The number of carbonyl (C=O) groups excluding carboxylic acids is 1. The van der Waals surface area contributed by atoms with Crippen molar-refractivity contribution in [1.82, 2.24) is 4.98 Å². The monoisotopic (exact) mass is 156 g/mol. The van der Waals surface area contributed by atoms with Crippen LogP contribution in [0.25, 0.3) is 0 Å². The van der Waals surface area contributed by atoms with E-state index in [0.717, 1.165) is 11.3 Å². The maximum absolute atomic E-state index is 10.8. The summed E-state index contributed by atoms with van der Waals surface area (Å²) in [7, 11) is 0. The van der Waals surface area contributed by atoms with Crippen molar-refractivity contribution in [3.63, 3.8) is 0 Å². The Morgan fingerprint density at radius 2 is 2.80 bits per heavy atom. The first-order chi connectivity index (χ1) is 4.84. The summed E-state index contributed by atoms with van der Waals surface area (Å²) in [5.41, 5.74) is 0. The molecule has 0 aliphatic rings. The second-order valence-corrected chi connectivity index (χ2v) is 2.33. The number of rotatable bonds is 2. The molecule has 3 nitrogen and oxygen atoms in total. The van der Waals surface area contributed by atoms with E-state index in [1.807, 2.05) is 0 Å². The first-order valence-electron chi connectivity index (χ1n) is 2.83. The van der Waals surface area contributed by atoms with Gasteiger partial charge in [-0.2, -0.15) is 0 Å². The molecule has 1 aromatic heterocycles. The van der Waals surface area contributed by atoms with Gasteiger partial charge in [0.15, 0.2) is 0 Å². The quantitative estimate of drug-likeness (QED) is 0.602. The molecule has 0 aliphatic heterocycles. The zero-order valence-corrected chi connectivity index (χ0v) is 6.27. The molecule has 0 aliphatic carbocycles. The highest BCUT2D eigenvalue weighted by atomic mass is 32.1. The van der Waals surface area contributed by atoms with E-state index >= 15 is 0 Å². The van der Waals surface area contributed by atoms with Gasteiger partial charge in [0.2, 0.25) is 5.01 Å². The molecule has 0 atom stereocenters. The summed E-state index contributed by atoms with van der Waals surface area (Å²) in [6.45, 7) is 2.15. The van der Waals surface area contributed by atoms with Gasteiger partial charge in [-0.25, -0.2) is 9.78 Å². The van der Waals surface area contributed by atoms with E-state index in [2.05, 4.69) is 15.1 Å². The molecule has 0 amide bonds. The van der Waals surface area contributed by atoms with Crippen LogP contribution >= 0.6 is 11.3 Å². The summed E-state index contributed by atoms with van der Waals surface area (Å²) in [6.07, 6.45) is 1.46. The molecule has 1 radical (unpaired) electrons. The first-order valence-corrected chi connectivity index (χ1v) is 3.65. The molecule has 1 heterocycles. The van der Waals surface area contributed by atoms with Crippen molar-refractivity contribution in [2.75, 3.05) is 6.61 Å². The number of nitrogens with zero attached hydrogens (tertiary/aromatic N) is 1. The third kappa shape index (κ3) is 1.54. The Hall–Kier alpha value is -0.900. The average molecular weight is 156 g/mol. The van der Waals surface area contributed by atoms with Gasteiger partial charge in [0.25, 0.3) is 0 Å². The van der Waals surface area contributed by atoms with E-state index in [1.165, 1.54) is 6.20 Å².